The summed E-state index contributed by atoms with van der Waals surface area (Å²) in [6.45, 7) is 6.61. The molecule has 1 N–H and O–H groups in total. The maximum absolute atomic E-state index is 12.1. The molecule has 0 saturated carbocycles. The van der Waals surface area contributed by atoms with E-state index in [1.807, 2.05) is 32.9 Å². The summed E-state index contributed by atoms with van der Waals surface area (Å²) >= 11 is 0. The van der Waals surface area contributed by atoms with Crippen LogP contribution in [-0.2, 0) is 9.59 Å². The number of hydrogen-bond acceptors (Lipinski definition) is 2. The van der Waals surface area contributed by atoms with Crippen molar-refractivity contribution in [3.05, 3.63) is 12.2 Å². The van der Waals surface area contributed by atoms with Gasteiger partial charge in [0.05, 0.1) is 6.54 Å². The molecule has 2 atom stereocenters. The molecule has 0 spiro atoms. The average molecular weight is 224 g/mol. The zero-order chi connectivity index (χ0) is 12.1. The Labute approximate surface area is 96.7 Å². The quantitative estimate of drug-likeness (QED) is 0.722. The van der Waals surface area contributed by atoms with Gasteiger partial charge in [0, 0.05) is 6.54 Å². The van der Waals surface area contributed by atoms with Crippen molar-refractivity contribution in [3.8, 4) is 0 Å². The fourth-order valence-corrected chi connectivity index (χ4v) is 1.74. The molecule has 1 fully saturated rings. The number of piperazine rings is 1. The van der Waals surface area contributed by atoms with Gasteiger partial charge in [-0.2, -0.15) is 0 Å². The summed E-state index contributed by atoms with van der Waals surface area (Å²) in [5.74, 6) is 0.159. The number of allylic oxidation sites excluding steroid dienone is 1. The van der Waals surface area contributed by atoms with Crippen LogP contribution in [0.1, 0.15) is 27.2 Å². The molecule has 0 bridgehead atoms. The van der Waals surface area contributed by atoms with Crippen molar-refractivity contribution in [3.63, 3.8) is 0 Å². The third-order valence-electron chi connectivity index (χ3n) is 3.00. The molecule has 1 heterocycles. The Morgan fingerprint density at radius 2 is 2.25 bits per heavy atom. The lowest BCUT2D eigenvalue weighted by molar-refractivity contribution is -0.145. The van der Waals surface area contributed by atoms with Gasteiger partial charge in [-0.25, -0.2) is 0 Å². The van der Waals surface area contributed by atoms with E-state index in [0.717, 1.165) is 6.42 Å². The van der Waals surface area contributed by atoms with Crippen molar-refractivity contribution in [2.75, 3.05) is 13.1 Å². The monoisotopic (exact) mass is 224 g/mol. The molecule has 2 unspecified atom stereocenters. The van der Waals surface area contributed by atoms with E-state index in [1.165, 1.54) is 0 Å². The maximum Gasteiger partial charge on any atom is 0.246 e. The second-order valence-electron chi connectivity index (χ2n) is 4.22. The van der Waals surface area contributed by atoms with E-state index >= 15 is 0 Å². The van der Waals surface area contributed by atoms with Gasteiger partial charge in [0.2, 0.25) is 11.8 Å². The normalized spacial score (nSPS) is 23.7. The van der Waals surface area contributed by atoms with Crippen LogP contribution in [0.2, 0.25) is 0 Å². The van der Waals surface area contributed by atoms with Gasteiger partial charge >= 0.3 is 0 Å². The topological polar surface area (TPSA) is 49.4 Å². The molecule has 0 aromatic heterocycles. The number of carbonyl (C=O) groups excluding carboxylic acids is 2. The molecule has 1 aliphatic heterocycles. The second-order valence-corrected chi connectivity index (χ2v) is 4.22. The third kappa shape index (κ3) is 2.84. The Morgan fingerprint density at radius 1 is 1.56 bits per heavy atom. The third-order valence-corrected chi connectivity index (χ3v) is 3.00. The molecule has 0 aromatic carbocycles. The fraction of sp³-hybridized carbons (Fsp3) is 0.667. The van der Waals surface area contributed by atoms with Crippen molar-refractivity contribution in [1.29, 1.82) is 0 Å². The van der Waals surface area contributed by atoms with E-state index in [9.17, 15) is 9.59 Å². The predicted octanol–water partition coefficient (Wildman–Crippen LogP) is 0.936. The van der Waals surface area contributed by atoms with Crippen LogP contribution in [0.3, 0.4) is 0 Å². The Morgan fingerprint density at radius 3 is 2.81 bits per heavy atom. The molecule has 4 nitrogen and oxygen atoms in total. The van der Waals surface area contributed by atoms with Crippen LogP contribution >= 0.6 is 0 Å². The fourth-order valence-electron chi connectivity index (χ4n) is 1.74. The first kappa shape index (κ1) is 12.7. The first-order valence-corrected chi connectivity index (χ1v) is 5.79. The summed E-state index contributed by atoms with van der Waals surface area (Å²) in [7, 11) is 0. The summed E-state index contributed by atoms with van der Waals surface area (Å²) in [5.41, 5.74) is 0. The smallest absolute Gasteiger partial charge is 0.246 e. The van der Waals surface area contributed by atoms with Gasteiger partial charge in [-0.15, -0.1) is 0 Å². The highest BCUT2D eigenvalue weighted by Gasteiger charge is 2.34. The van der Waals surface area contributed by atoms with E-state index in [0.29, 0.717) is 6.54 Å². The van der Waals surface area contributed by atoms with Gasteiger partial charge < -0.3 is 10.2 Å². The highest BCUT2D eigenvalue weighted by molar-refractivity contribution is 5.95. The predicted molar refractivity (Wildman–Crippen MR) is 62.8 cm³/mol. The van der Waals surface area contributed by atoms with Crippen molar-refractivity contribution in [2.24, 2.45) is 5.92 Å². The van der Waals surface area contributed by atoms with Crippen LogP contribution < -0.4 is 5.32 Å². The number of rotatable bonds is 4. The van der Waals surface area contributed by atoms with Gasteiger partial charge in [0.1, 0.15) is 6.04 Å². The minimum atomic E-state index is -0.350. The van der Waals surface area contributed by atoms with Crippen molar-refractivity contribution >= 4 is 11.8 Å². The Bertz CT molecular complexity index is 299. The van der Waals surface area contributed by atoms with Crippen LogP contribution in [-0.4, -0.2) is 35.8 Å². The molecule has 2 amide bonds. The Balaban J connectivity index is 2.73. The lowest BCUT2D eigenvalue weighted by atomic mass is 9.96. The minimum Gasteiger partial charge on any atom is -0.342 e. The van der Waals surface area contributed by atoms with E-state index in [2.05, 4.69) is 5.32 Å². The number of carbonyl (C=O) groups is 2. The molecule has 4 heteroatoms. The summed E-state index contributed by atoms with van der Waals surface area (Å²) in [6.07, 6.45) is 4.66. The van der Waals surface area contributed by atoms with Gasteiger partial charge in [-0.05, 0) is 12.8 Å². The number of nitrogens with zero attached hydrogens (tertiary/aromatic N) is 1. The molecule has 1 rings (SSSR count). The van der Waals surface area contributed by atoms with Crippen LogP contribution in [0.25, 0.3) is 0 Å². The number of nitrogens with one attached hydrogen (secondary N) is 1. The van der Waals surface area contributed by atoms with Crippen LogP contribution in [0, 0.1) is 5.92 Å². The summed E-state index contributed by atoms with van der Waals surface area (Å²) in [6, 6.07) is -0.350. The number of hydrogen-bond donors (Lipinski definition) is 1. The summed E-state index contributed by atoms with van der Waals surface area (Å²) in [5, 5.41) is 2.77. The van der Waals surface area contributed by atoms with Crippen molar-refractivity contribution < 1.29 is 9.59 Å². The van der Waals surface area contributed by atoms with Crippen molar-refractivity contribution in [2.45, 2.75) is 33.2 Å². The molecule has 0 aliphatic carbocycles. The SMILES string of the molecule is C/C=C/CN1CC(=O)NC(C(C)CC)C1=O. The molecular weight excluding hydrogens is 204 g/mol. The maximum atomic E-state index is 12.1. The molecular formula is C12H20N2O2. The van der Waals surface area contributed by atoms with E-state index < -0.39 is 0 Å². The first-order chi connectivity index (χ1) is 7.60. The minimum absolute atomic E-state index is 0.0343. The van der Waals surface area contributed by atoms with Gasteiger partial charge in [0.25, 0.3) is 0 Å². The zero-order valence-corrected chi connectivity index (χ0v) is 10.2. The van der Waals surface area contributed by atoms with E-state index in [-0.39, 0.29) is 30.3 Å². The molecule has 16 heavy (non-hydrogen) atoms. The van der Waals surface area contributed by atoms with Crippen LogP contribution in [0.4, 0.5) is 0 Å². The van der Waals surface area contributed by atoms with Crippen LogP contribution in [0.15, 0.2) is 12.2 Å². The number of amides is 2. The molecule has 0 radical (unpaired) electrons. The highest BCUT2D eigenvalue weighted by Crippen LogP contribution is 2.14. The highest BCUT2D eigenvalue weighted by atomic mass is 16.2. The molecule has 1 aliphatic rings. The van der Waals surface area contributed by atoms with Gasteiger partial charge in [0.15, 0.2) is 0 Å². The van der Waals surface area contributed by atoms with E-state index in [4.69, 9.17) is 0 Å². The molecule has 0 aromatic rings. The standard InChI is InChI=1S/C12H20N2O2/c1-4-6-7-14-8-10(15)13-11(12(14)16)9(3)5-2/h4,6,9,11H,5,7-8H2,1-3H3,(H,13,15)/b6-4+. The zero-order valence-electron chi connectivity index (χ0n) is 10.2. The molecule has 90 valence electrons. The van der Waals surface area contributed by atoms with Crippen LogP contribution in [0.5, 0.6) is 0 Å². The Hall–Kier alpha value is -1.32. The largest absolute Gasteiger partial charge is 0.342 e. The first-order valence-electron chi connectivity index (χ1n) is 5.79. The lowest BCUT2D eigenvalue weighted by Gasteiger charge is -2.34. The van der Waals surface area contributed by atoms with E-state index in [1.54, 1.807) is 4.90 Å². The van der Waals surface area contributed by atoms with Crippen molar-refractivity contribution in [1.82, 2.24) is 10.2 Å². The second kappa shape index (κ2) is 5.68. The van der Waals surface area contributed by atoms with Gasteiger partial charge in [-0.1, -0.05) is 32.4 Å². The van der Waals surface area contributed by atoms with Gasteiger partial charge in [-0.3, -0.25) is 9.59 Å². The lowest BCUT2D eigenvalue weighted by Crippen LogP contribution is -2.60. The summed E-state index contributed by atoms with van der Waals surface area (Å²) < 4.78 is 0. The Kier molecular flexibility index (Phi) is 4.52. The molecule has 1 saturated heterocycles. The summed E-state index contributed by atoms with van der Waals surface area (Å²) in [4.78, 5) is 25.1. The average Bonchev–Trinajstić information content (AvgIpc) is 2.28.